The molecule has 0 aliphatic rings. The van der Waals surface area contributed by atoms with Gasteiger partial charge in [-0.3, -0.25) is 0 Å². The standard InChI is InChI=1S/C5H10O3.C4H10O3/c1-3-7-5(6)8-4-2;1-5-3-7-4-6-2/h3-4H2,1-2H3;3-4H2,1-2H3. The summed E-state index contributed by atoms with van der Waals surface area (Å²) in [7, 11) is 3.13. The van der Waals surface area contributed by atoms with Crippen molar-refractivity contribution in [3.8, 4) is 0 Å². The molecule has 0 bridgehead atoms. The summed E-state index contributed by atoms with van der Waals surface area (Å²) in [4.78, 5) is 10.2. The molecule has 0 unspecified atom stereocenters. The van der Waals surface area contributed by atoms with Gasteiger partial charge < -0.3 is 23.7 Å². The SMILES string of the molecule is CCOC(=O)OCC.COCOCOC. The highest BCUT2D eigenvalue weighted by Crippen LogP contribution is 1.81. The predicted octanol–water partition coefficient (Wildman–Crippen LogP) is 1.39. The normalized spacial score (nSPS) is 8.80. The maximum Gasteiger partial charge on any atom is 0.508 e. The Morgan fingerprint density at radius 1 is 0.933 bits per heavy atom. The van der Waals surface area contributed by atoms with Crippen molar-refractivity contribution < 1.29 is 28.5 Å². The fourth-order valence-electron chi connectivity index (χ4n) is 0.478. The summed E-state index contributed by atoms with van der Waals surface area (Å²) >= 11 is 0. The lowest BCUT2D eigenvalue weighted by Crippen LogP contribution is -2.05. The van der Waals surface area contributed by atoms with Crippen molar-refractivity contribution in [2.75, 3.05) is 41.0 Å². The first-order valence-corrected chi connectivity index (χ1v) is 4.58. The number of carbonyl (C=O) groups excluding carboxylic acids is 1. The molecule has 0 aromatic rings. The minimum atomic E-state index is -0.588. The molecule has 0 heterocycles. The molecule has 15 heavy (non-hydrogen) atoms. The molecule has 0 saturated heterocycles. The molecule has 0 aromatic heterocycles. The third-order valence-corrected chi connectivity index (χ3v) is 0.927. The van der Waals surface area contributed by atoms with E-state index in [0.717, 1.165) is 0 Å². The van der Waals surface area contributed by atoms with Gasteiger partial charge in [-0.15, -0.1) is 0 Å². The number of hydrogen-bond donors (Lipinski definition) is 0. The Morgan fingerprint density at radius 3 is 1.60 bits per heavy atom. The van der Waals surface area contributed by atoms with E-state index in [1.54, 1.807) is 28.1 Å². The minimum Gasteiger partial charge on any atom is -0.435 e. The average Bonchev–Trinajstić information content (AvgIpc) is 2.20. The first-order chi connectivity index (χ1) is 7.22. The van der Waals surface area contributed by atoms with Gasteiger partial charge in [0.25, 0.3) is 0 Å². The predicted molar refractivity (Wildman–Crippen MR) is 53.5 cm³/mol. The quantitative estimate of drug-likeness (QED) is 0.386. The van der Waals surface area contributed by atoms with E-state index < -0.39 is 6.16 Å². The molecule has 6 heteroatoms. The van der Waals surface area contributed by atoms with Crippen molar-refractivity contribution in [1.82, 2.24) is 0 Å². The molecule has 92 valence electrons. The number of ether oxygens (including phenoxy) is 5. The zero-order valence-electron chi connectivity index (χ0n) is 9.78. The van der Waals surface area contributed by atoms with E-state index in [4.69, 9.17) is 0 Å². The zero-order chi connectivity index (χ0) is 11.9. The van der Waals surface area contributed by atoms with Crippen LogP contribution in [0.4, 0.5) is 4.79 Å². The van der Waals surface area contributed by atoms with Crippen LogP contribution in [0, 0.1) is 0 Å². The van der Waals surface area contributed by atoms with Crippen molar-refractivity contribution in [1.29, 1.82) is 0 Å². The molecule has 6 nitrogen and oxygen atoms in total. The highest BCUT2D eigenvalue weighted by Gasteiger charge is 1.96. The van der Waals surface area contributed by atoms with Gasteiger partial charge in [-0.25, -0.2) is 4.79 Å². The summed E-state index contributed by atoms with van der Waals surface area (Å²) < 4.78 is 22.6. The van der Waals surface area contributed by atoms with E-state index in [0.29, 0.717) is 26.8 Å². The van der Waals surface area contributed by atoms with E-state index in [9.17, 15) is 4.79 Å². The number of rotatable bonds is 6. The average molecular weight is 224 g/mol. The van der Waals surface area contributed by atoms with Crippen molar-refractivity contribution in [3.63, 3.8) is 0 Å². The Bertz CT molecular complexity index is 116. The maximum absolute atomic E-state index is 10.2. The first-order valence-electron chi connectivity index (χ1n) is 4.58. The summed E-state index contributed by atoms with van der Waals surface area (Å²) in [5.41, 5.74) is 0. The largest absolute Gasteiger partial charge is 0.508 e. The van der Waals surface area contributed by atoms with Gasteiger partial charge >= 0.3 is 6.16 Å². The highest BCUT2D eigenvalue weighted by atomic mass is 16.7. The van der Waals surface area contributed by atoms with Crippen molar-refractivity contribution in [2.24, 2.45) is 0 Å². The molecule has 0 N–H and O–H groups in total. The molecule has 0 atom stereocenters. The number of carbonyl (C=O) groups is 1. The molecule has 0 fully saturated rings. The van der Waals surface area contributed by atoms with Crippen molar-refractivity contribution >= 4 is 6.16 Å². The van der Waals surface area contributed by atoms with Crippen LogP contribution in [0.2, 0.25) is 0 Å². The van der Waals surface area contributed by atoms with Crippen LogP contribution >= 0.6 is 0 Å². The molecular formula is C9H20O6. The van der Waals surface area contributed by atoms with Crippen LogP contribution in [-0.2, 0) is 23.7 Å². The summed E-state index contributed by atoms with van der Waals surface area (Å²) in [6.07, 6.45) is -0.588. The molecule has 0 amide bonds. The Kier molecular flexibility index (Phi) is 17.3. The maximum atomic E-state index is 10.2. The molecule has 0 rings (SSSR count). The van der Waals surface area contributed by atoms with Crippen LogP contribution in [0.1, 0.15) is 13.8 Å². The van der Waals surface area contributed by atoms with Crippen LogP contribution in [0.15, 0.2) is 0 Å². The van der Waals surface area contributed by atoms with Crippen LogP contribution in [0.5, 0.6) is 0 Å². The van der Waals surface area contributed by atoms with E-state index in [1.807, 2.05) is 0 Å². The van der Waals surface area contributed by atoms with Gasteiger partial charge in [-0.2, -0.15) is 0 Å². The van der Waals surface area contributed by atoms with Gasteiger partial charge in [0.1, 0.15) is 13.6 Å². The topological polar surface area (TPSA) is 63.2 Å². The summed E-state index contributed by atoms with van der Waals surface area (Å²) in [5, 5.41) is 0. The third kappa shape index (κ3) is 19.5. The van der Waals surface area contributed by atoms with Crippen LogP contribution < -0.4 is 0 Å². The molecule has 0 spiro atoms. The third-order valence-electron chi connectivity index (χ3n) is 0.927. The second-order valence-corrected chi connectivity index (χ2v) is 2.13. The van der Waals surface area contributed by atoms with E-state index in [1.165, 1.54) is 0 Å². The van der Waals surface area contributed by atoms with Gasteiger partial charge in [-0.05, 0) is 13.8 Å². The van der Waals surface area contributed by atoms with E-state index in [2.05, 4.69) is 23.7 Å². The molecule has 0 saturated carbocycles. The zero-order valence-corrected chi connectivity index (χ0v) is 9.78. The fraction of sp³-hybridized carbons (Fsp3) is 0.889. The highest BCUT2D eigenvalue weighted by molar-refractivity contribution is 5.59. The van der Waals surface area contributed by atoms with E-state index in [-0.39, 0.29) is 0 Å². The van der Waals surface area contributed by atoms with Gasteiger partial charge in [-0.1, -0.05) is 0 Å². The van der Waals surface area contributed by atoms with Gasteiger partial charge in [0, 0.05) is 14.2 Å². The number of hydrogen-bond acceptors (Lipinski definition) is 6. The summed E-state index contributed by atoms with van der Waals surface area (Å²) in [5.74, 6) is 0. The number of methoxy groups -OCH3 is 2. The Balaban J connectivity index is 0. The van der Waals surface area contributed by atoms with E-state index >= 15 is 0 Å². The molecule has 0 aromatic carbocycles. The summed E-state index contributed by atoms with van der Waals surface area (Å²) in [6.45, 7) is 4.81. The van der Waals surface area contributed by atoms with Crippen molar-refractivity contribution in [3.05, 3.63) is 0 Å². The molecule has 0 aliphatic carbocycles. The second-order valence-electron chi connectivity index (χ2n) is 2.13. The second kappa shape index (κ2) is 15.6. The molecule has 0 aliphatic heterocycles. The fourth-order valence-corrected chi connectivity index (χ4v) is 0.478. The Labute approximate surface area is 90.4 Å². The smallest absolute Gasteiger partial charge is 0.435 e. The minimum absolute atomic E-state index is 0.299. The molecule has 0 radical (unpaired) electrons. The van der Waals surface area contributed by atoms with Gasteiger partial charge in [0.05, 0.1) is 13.2 Å². The lowest BCUT2D eigenvalue weighted by molar-refractivity contribution is -0.107. The van der Waals surface area contributed by atoms with Gasteiger partial charge in [0.15, 0.2) is 0 Å². The Hall–Kier alpha value is -0.850. The van der Waals surface area contributed by atoms with Crippen LogP contribution in [0.25, 0.3) is 0 Å². The lowest BCUT2D eigenvalue weighted by atomic mass is 10.8. The van der Waals surface area contributed by atoms with Crippen LogP contribution in [0.3, 0.4) is 0 Å². The molecular weight excluding hydrogens is 204 g/mol. The van der Waals surface area contributed by atoms with Gasteiger partial charge in [0.2, 0.25) is 0 Å². The Morgan fingerprint density at radius 2 is 1.33 bits per heavy atom. The first kappa shape index (κ1) is 16.6. The summed E-state index contributed by atoms with van der Waals surface area (Å²) in [6, 6.07) is 0. The lowest BCUT2D eigenvalue weighted by Gasteiger charge is -1.98. The van der Waals surface area contributed by atoms with Crippen LogP contribution in [-0.4, -0.2) is 47.2 Å². The monoisotopic (exact) mass is 224 g/mol. The van der Waals surface area contributed by atoms with Crippen molar-refractivity contribution in [2.45, 2.75) is 13.8 Å².